The molecule has 0 radical (unpaired) electrons. The van der Waals surface area contributed by atoms with Crippen molar-refractivity contribution in [2.24, 2.45) is 22.9 Å². The lowest BCUT2D eigenvalue weighted by atomic mass is 9.55. The van der Waals surface area contributed by atoms with Crippen molar-refractivity contribution in [3.05, 3.63) is 147 Å². The zero-order chi connectivity index (χ0) is 45.9. The van der Waals surface area contributed by atoms with E-state index in [0.29, 0.717) is 41.4 Å². The van der Waals surface area contributed by atoms with Crippen LogP contribution in [0.25, 0.3) is 0 Å². The molecule has 344 valence electrons. The van der Waals surface area contributed by atoms with Gasteiger partial charge in [-0.15, -0.1) is 6.58 Å². The summed E-state index contributed by atoms with van der Waals surface area (Å²) in [6, 6.07) is 24.6. The number of aliphatic hydroxyl groups is 2. The molecule has 2 N–H and O–H groups in total. The lowest BCUT2D eigenvalue weighted by molar-refractivity contribution is -0.384. The Morgan fingerprint density at radius 3 is 2.48 bits per heavy atom. The molecule has 0 unspecified atom stereocenters. The van der Waals surface area contributed by atoms with Crippen LogP contribution < -0.4 is 14.2 Å². The molecule has 7 rings (SSSR count). The number of aryl methyl sites for hydroxylation is 1. The standard InChI is InChI=1S/C51H60N4O10/c1-5-26-63-51-47(54(3)48(58)28-36-13-11-16-40(27-36)61-4)31-45(53-64-32-35-18-20-39(21-19-35)55(59)60)43-29-37(14-6-8-24-56)42(17-7-9-25-57)49(50(43)51)44-30-41(22-23-46(44)65-51)62-33-38-15-10-12-34(2)52-38/h5,10-13,15-16,18-23,27,29-30,37,42,47,49-50,56-57H,1,6-9,14,17,24-26,28,31-33H2,2-4H3/t37-,42+,47-,49+,50+,51+/m0/s1. The summed E-state index contributed by atoms with van der Waals surface area (Å²) >= 11 is 0. The fourth-order valence-electron chi connectivity index (χ4n) is 9.81. The second-order valence-corrected chi connectivity index (χ2v) is 17.1. The van der Waals surface area contributed by atoms with Gasteiger partial charge in [-0.2, -0.15) is 0 Å². The molecule has 1 amide bonds. The minimum absolute atomic E-state index is 0.0233. The van der Waals surface area contributed by atoms with Crippen LogP contribution in [0.3, 0.4) is 0 Å². The van der Waals surface area contributed by atoms with E-state index in [0.717, 1.165) is 53.8 Å². The van der Waals surface area contributed by atoms with Crippen LogP contribution >= 0.6 is 0 Å². The van der Waals surface area contributed by atoms with Gasteiger partial charge in [-0.25, -0.2) is 0 Å². The van der Waals surface area contributed by atoms with E-state index < -0.39 is 22.7 Å². The number of non-ortho nitro benzene ring substituents is 1. The monoisotopic (exact) mass is 888 g/mol. The number of pyridine rings is 1. The number of hydrogen-bond acceptors (Lipinski definition) is 12. The maximum absolute atomic E-state index is 14.6. The molecule has 14 heteroatoms. The van der Waals surface area contributed by atoms with Gasteiger partial charge in [-0.1, -0.05) is 48.3 Å². The Labute approximate surface area is 380 Å². The third-order valence-corrected chi connectivity index (χ3v) is 12.9. The number of unbranched alkanes of at least 4 members (excludes halogenated alkanes) is 2. The predicted octanol–water partition coefficient (Wildman–Crippen LogP) is 8.42. The van der Waals surface area contributed by atoms with E-state index in [1.54, 1.807) is 37.3 Å². The average molecular weight is 889 g/mol. The molecular weight excluding hydrogens is 829 g/mol. The van der Waals surface area contributed by atoms with Crippen molar-refractivity contribution in [1.82, 2.24) is 9.88 Å². The van der Waals surface area contributed by atoms with E-state index in [2.05, 4.69) is 23.7 Å². The molecule has 0 spiro atoms. The number of rotatable bonds is 22. The molecule has 3 aromatic carbocycles. The first-order valence-corrected chi connectivity index (χ1v) is 22.5. The maximum atomic E-state index is 14.6. The molecule has 6 atom stereocenters. The van der Waals surface area contributed by atoms with Gasteiger partial charge in [-0.05, 0) is 116 Å². The molecule has 14 nitrogen and oxygen atoms in total. The predicted molar refractivity (Wildman–Crippen MR) is 246 cm³/mol. The third kappa shape index (κ3) is 10.7. The number of hydrogen-bond donors (Lipinski definition) is 2. The van der Waals surface area contributed by atoms with Crippen LogP contribution in [0.4, 0.5) is 5.69 Å². The van der Waals surface area contributed by atoms with Crippen molar-refractivity contribution in [1.29, 1.82) is 0 Å². The smallest absolute Gasteiger partial charge is 0.269 e. The first-order chi connectivity index (χ1) is 31.6. The summed E-state index contributed by atoms with van der Waals surface area (Å²) in [4.78, 5) is 38.0. The molecule has 1 fully saturated rings. The first-order valence-electron chi connectivity index (χ1n) is 22.5. The zero-order valence-electron chi connectivity index (χ0n) is 37.5. The van der Waals surface area contributed by atoms with Gasteiger partial charge in [-0.3, -0.25) is 19.9 Å². The van der Waals surface area contributed by atoms with Crippen LogP contribution in [0.5, 0.6) is 17.2 Å². The first kappa shape index (κ1) is 46.9. The van der Waals surface area contributed by atoms with Gasteiger partial charge < -0.3 is 38.9 Å². The van der Waals surface area contributed by atoms with Crippen molar-refractivity contribution in [3.8, 4) is 17.2 Å². The number of likely N-dealkylation sites (N-methyl/N-ethyl adjacent to an activating group) is 1. The molecule has 1 aliphatic heterocycles. The van der Waals surface area contributed by atoms with Crippen molar-refractivity contribution in [2.45, 2.75) is 89.3 Å². The highest BCUT2D eigenvalue weighted by molar-refractivity contribution is 6.03. The molecule has 2 aliphatic carbocycles. The third-order valence-electron chi connectivity index (χ3n) is 12.9. The van der Waals surface area contributed by atoms with Gasteiger partial charge in [0.15, 0.2) is 0 Å². The molecular formula is C51H60N4O10. The number of benzene rings is 3. The summed E-state index contributed by atoms with van der Waals surface area (Å²) < 4.78 is 26.3. The van der Waals surface area contributed by atoms with Crippen LogP contribution in [0.1, 0.15) is 78.9 Å². The van der Waals surface area contributed by atoms with E-state index in [4.69, 9.17) is 28.9 Å². The number of oxime groups is 1. The normalized spacial score (nSPS) is 22.4. The number of fused-ring (bicyclic) bond motifs is 2. The summed E-state index contributed by atoms with van der Waals surface area (Å²) in [5, 5.41) is 36.1. The Morgan fingerprint density at radius 1 is 0.985 bits per heavy atom. The number of aliphatic hydroxyl groups excluding tert-OH is 2. The number of methoxy groups -OCH3 is 1. The lowest BCUT2D eigenvalue weighted by Gasteiger charge is -2.59. The largest absolute Gasteiger partial charge is 0.497 e. The quantitative estimate of drug-likeness (QED) is 0.0335. The Hall–Kier alpha value is -6.09. The number of allylic oxidation sites excluding steroid dienone is 1. The van der Waals surface area contributed by atoms with Crippen LogP contribution in [-0.4, -0.2) is 82.4 Å². The Kier molecular flexibility index (Phi) is 15.7. The molecule has 3 aliphatic rings. The van der Waals surface area contributed by atoms with Gasteiger partial charge >= 0.3 is 0 Å². The van der Waals surface area contributed by atoms with Gasteiger partial charge in [0.1, 0.15) is 36.5 Å². The molecule has 1 aromatic heterocycles. The highest BCUT2D eigenvalue weighted by Gasteiger charge is 2.65. The van der Waals surface area contributed by atoms with Crippen molar-refractivity contribution >= 4 is 17.3 Å². The van der Waals surface area contributed by atoms with Crippen molar-refractivity contribution in [3.63, 3.8) is 0 Å². The molecule has 2 heterocycles. The molecule has 4 aromatic rings. The van der Waals surface area contributed by atoms with Gasteiger partial charge in [0.05, 0.1) is 42.4 Å². The number of carbonyl (C=O) groups is 1. The summed E-state index contributed by atoms with van der Waals surface area (Å²) in [5.74, 6) is -0.376. The Morgan fingerprint density at radius 2 is 1.75 bits per heavy atom. The second kappa shape index (κ2) is 21.7. The van der Waals surface area contributed by atoms with E-state index in [1.807, 2.05) is 61.5 Å². The minimum Gasteiger partial charge on any atom is -0.497 e. The van der Waals surface area contributed by atoms with Gasteiger partial charge in [0, 0.05) is 56.0 Å². The maximum Gasteiger partial charge on any atom is 0.269 e. The summed E-state index contributed by atoms with van der Waals surface area (Å²) in [7, 11) is 3.37. The lowest BCUT2D eigenvalue weighted by Crippen LogP contribution is -2.69. The Bertz CT molecular complexity index is 2350. The van der Waals surface area contributed by atoms with E-state index in [-0.39, 0.29) is 75.2 Å². The Balaban J connectivity index is 1.37. The van der Waals surface area contributed by atoms with Gasteiger partial charge in [0.25, 0.3) is 5.69 Å². The minimum atomic E-state index is -1.42. The van der Waals surface area contributed by atoms with Crippen LogP contribution in [-0.2, 0) is 34.0 Å². The highest BCUT2D eigenvalue weighted by Crippen LogP contribution is 2.62. The number of nitrogens with zero attached hydrogens (tertiary/aromatic N) is 4. The van der Waals surface area contributed by atoms with Crippen molar-refractivity contribution < 1.29 is 43.7 Å². The number of nitro benzene ring substituents is 1. The number of ether oxygens (including phenoxy) is 4. The zero-order valence-corrected chi connectivity index (χ0v) is 37.5. The summed E-state index contributed by atoms with van der Waals surface area (Å²) in [6.07, 6.45) is 8.70. The topological polar surface area (TPSA) is 175 Å². The second-order valence-electron chi connectivity index (χ2n) is 17.1. The number of carbonyl (C=O) groups excluding carboxylic acids is 1. The average Bonchev–Trinajstić information content (AvgIpc) is 3.31. The van der Waals surface area contributed by atoms with E-state index in [1.165, 1.54) is 12.1 Å². The number of amides is 1. The molecule has 1 saturated carbocycles. The van der Waals surface area contributed by atoms with Crippen LogP contribution in [0.15, 0.2) is 114 Å². The van der Waals surface area contributed by atoms with E-state index >= 15 is 0 Å². The summed E-state index contributed by atoms with van der Waals surface area (Å²) in [6.45, 7) is 6.56. The van der Waals surface area contributed by atoms with E-state index in [9.17, 15) is 25.1 Å². The molecule has 0 bridgehead atoms. The van der Waals surface area contributed by atoms with Crippen LogP contribution in [0, 0.1) is 34.8 Å². The molecule has 65 heavy (non-hydrogen) atoms. The fraction of sp³-hybridized carbons (Fsp3) is 0.431. The number of nitro groups is 1. The highest BCUT2D eigenvalue weighted by atomic mass is 16.7. The number of aromatic nitrogens is 1. The van der Waals surface area contributed by atoms with Crippen LogP contribution in [0.2, 0.25) is 0 Å². The van der Waals surface area contributed by atoms with Gasteiger partial charge in [0.2, 0.25) is 11.7 Å². The SMILES string of the molecule is C=CCO[C@@]12Oc3ccc(OCc4cccc(C)n4)cc3[C@H]3[C@H](CCCCO)[C@@H](CCCCO)C=C(C(=NOCc4ccc([N+](=O)[O-])cc4)C[C@@H]1N(C)C(=O)Cc1cccc(OC)c1)[C@H]32. The van der Waals surface area contributed by atoms with Crippen molar-refractivity contribution in [2.75, 3.05) is 34.0 Å². The fourth-order valence-corrected chi connectivity index (χ4v) is 9.81. The summed E-state index contributed by atoms with van der Waals surface area (Å²) in [5.41, 5.74) is 5.62. The molecule has 0 saturated heterocycles.